The number of imidazole rings is 2. The van der Waals surface area contributed by atoms with Gasteiger partial charge in [0.15, 0.2) is 44.9 Å². The normalized spacial score (nSPS) is 16.3. The van der Waals surface area contributed by atoms with Gasteiger partial charge in [0.25, 0.3) is 0 Å². The van der Waals surface area contributed by atoms with Gasteiger partial charge in [0.1, 0.15) is 0 Å². The summed E-state index contributed by atoms with van der Waals surface area (Å²) in [5, 5.41) is 3.67. The number of para-hydroxylation sites is 4. The zero-order valence-corrected chi connectivity index (χ0v) is 29.4. The average Bonchev–Trinajstić information content (AvgIpc) is 3.56. The van der Waals surface area contributed by atoms with Crippen molar-refractivity contribution in [3.63, 3.8) is 0 Å². The Hall–Kier alpha value is -5.15. The number of likely N-dealkylation sites (N-methyl/N-ethyl adjacent to an activating group) is 2. The summed E-state index contributed by atoms with van der Waals surface area (Å²) >= 11 is 6.15. The molecule has 260 valence electrons. The SMILES string of the molecule is CN1CCCN(c2nc3nccnc3n3c2nc2ccccc23)CC1.CN1CCCNCC1.Clc1nc2nccnc2n2c1nc1ccccc12. The van der Waals surface area contributed by atoms with E-state index in [1.807, 2.05) is 46.9 Å². The zero-order chi connectivity index (χ0) is 34.7. The molecule has 10 rings (SSSR count). The Kier molecular flexibility index (Phi) is 9.45. The summed E-state index contributed by atoms with van der Waals surface area (Å²) in [6, 6.07) is 15.9. The van der Waals surface area contributed by atoms with Crippen LogP contribution < -0.4 is 10.2 Å². The molecule has 0 spiro atoms. The van der Waals surface area contributed by atoms with Crippen LogP contribution in [0.2, 0.25) is 5.15 Å². The van der Waals surface area contributed by atoms with Gasteiger partial charge in [0.05, 0.1) is 22.1 Å². The molecule has 2 saturated heterocycles. The van der Waals surface area contributed by atoms with E-state index in [1.54, 1.807) is 24.8 Å². The van der Waals surface area contributed by atoms with Crippen LogP contribution in [0.1, 0.15) is 12.8 Å². The average molecular weight is 703 g/mol. The molecule has 0 radical (unpaired) electrons. The van der Waals surface area contributed by atoms with Crippen molar-refractivity contribution < 1.29 is 0 Å². The fourth-order valence-electron chi connectivity index (χ4n) is 6.63. The Labute approximate surface area is 299 Å². The van der Waals surface area contributed by atoms with Crippen molar-refractivity contribution in [3.05, 3.63) is 78.5 Å². The highest BCUT2D eigenvalue weighted by molar-refractivity contribution is 6.32. The third-order valence-electron chi connectivity index (χ3n) is 9.25. The summed E-state index contributed by atoms with van der Waals surface area (Å²) in [6.45, 7) is 8.87. The number of nitrogens with one attached hydrogen (secondary N) is 1. The monoisotopic (exact) mass is 702 g/mol. The number of rotatable bonds is 1. The largest absolute Gasteiger partial charge is 0.352 e. The zero-order valence-electron chi connectivity index (χ0n) is 28.7. The van der Waals surface area contributed by atoms with E-state index in [0.29, 0.717) is 27.7 Å². The Balaban J connectivity index is 0.000000125. The molecule has 8 aromatic rings. The van der Waals surface area contributed by atoms with Crippen LogP contribution in [0.4, 0.5) is 5.82 Å². The topological polar surface area (TPSA) is 134 Å². The lowest BCUT2D eigenvalue weighted by Gasteiger charge is -2.22. The lowest BCUT2D eigenvalue weighted by atomic mass is 10.3. The molecule has 8 heterocycles. The van der Waals surface area contributed by atoms with Crippen LogP contribution in [0.15, 0.2) is 73.3 Å². The second-order valence-electron chi connectivity index (χ2n) is 12.8. The first kappa shape index (κ1) is 33.0. The maximum absolute atomic E-state index is 6.15. The molecular formula is C36H39ClN14. The lowest BCUT2D eigenvalue weighted by Crippen LogP contribution is -2.30. The van der Waals surface area contributed by atoms with Crippen molar-refractivity contribution in [3.8, 4) is 0 Å². The molecule has 0 atom stereocenters. The minimum atomic E-state index is 0.333. The van der Waals surface area contributed by atoms with Crippen molar-refractivity contribution >= 4 is 73.4 Å². The summed E-state index contributed by atoms with van der Waals surface area (Å²) in [6.07, 6.45) is 9.04. The van der Waals surface area contributed by atoms with Gasteiger partial charge in [0, 0.05) is 57.5 Å². The third kappa shape index (κ3) is 6.70. The van der Waals surface area contributed by atoms with Crippen molar-refractivity contribution in [1.82, 2.24) is 63.8 Å². The molecule has 0 bridgehead atoms. The van der Waals surface area contributed by atoms with E-state index >= 15 is 0 Å². The molecule has 2 aromatic carbocycles. The van der Waals surface area contributed by atoms with Crippen molar-refractivity contribution in [1.29, 1.82) is 0 Å². The Morgan fingerprint density at radius 3 is 1.86 bits per heavy atom. The first-order chi connectivity index (χ1) is 25.0. The van der Waals surface area contributed by atoms with Gasteiger partial charge in [-0.2, -0.15) is 0 Å². The summed E-state index contributed by atoms with van der Waals surface area (Å²) in [7, 11) is 4.34. The van der Waals surface area contributed by atoms with E-state index in [4.69, 9.17) is 21.6 Å². The summed E-state index contributed by atoms with van der Waals surface area (Å²) < 4.78 is 3.97. The maximum atomic E-state index is 6.15. The molecule has 0 amide bonds. The van der Waals surface area contributed by atoms with Crippen molar-refractivity contribution in [2.24, 2.45) is 0 Å². The van der Waals surface area contributed by atoms with Crippen LogP contribution >= 0.6 is 11.6 Å². The van der Waals surface area contributed by atoms with E-state index in [1.165, 1.54) is 26.1 Å². The Morgan fingerprint density at radius 2 is 1.14 bits per heavy atom. The van der Waals surface area contributed by atoms with Crippen LogP contribution in [0.25, 0.3) is 55.9 Å². The van der Waals surface area contributed by atoms with Crippen LogP contribution in [0.5, 0.6) is 0 Å². The fraction of sp³-hybridized carbons (Fsp3) is 0.333. The third-order valence-corrected chi connectivity index (χ3v) is 9.50. The van der Waals surface area contributed by atoms with E-state index in [9.17, 15) is 0 Å². The number of aromatic nitrogens is 10. The van der Waals surface area contributed by atoms with Gasteiger partial charge in [0.2, 0.25) is 0 Å². The first-order valence-electron chi connectivity index (χ1n) is 17.3. The molecule has 0 saturated carbocycles. The molecular weight excluding hydrogens is 664 g/mol. The Bertz CT molecular complexity index is 2450. The van der Waals surface area contributed by atoms with Crippen LogP contribution in [0.3, 0.4) is 0 Å². The van der Waals surface area contributed by atoms with Gasteiger partial charge in [-0.3, -0.25) is 8.80 Å². The fourth-order valence-corrected chi connectivity index (χ4v) is 6.84. The minimum Gasteiger partial charge on any atom is -0.352 e. The smallest absolute Gasteiger partial charge is 0.198 e. The Morgan fingerprint density at radius 1 is 0.549 bits per heavy atom. The lowest BCUT2D eigenvalue weighted by molar-refractivity contribution is 0.358. The van der Waals surface area contributed by atoms with Crippen LogP contribution in [0, 0.1) is 0 Å². The van der Waals surface area contributed by atoms with E-state index in [0.717, 1.165) is 78.3 Å². The predicted octanol–water partition coefficient (Wildman–Crippen LogP) is 4.36. The quantitative estimate of drug-likeness (QED) is 0.261. The van der Waals surface area contributed by atoms with E-state index in [2.05, 4.69) is 74.5 Å². The summed E-state index contributed by atoms with van der Waals surface area (Å²) in [4.78, 5) is 42.9. The molecule has 0 unspecified atom stereocenters. The van der Waals surface area contributed by atoms with Gasteiger partial charge in [-0.25, -0.2) is 39.9 Å². The van der Waals surface area contributed by atoms with Gasteiger partial charge < -0.3 is 20.0 Å². The molecule has 2 aliphatic rings. The summed E-state index contributed by atoms with van der Waals surface area (Å²) in [5.41, 5.74) is 7.84. The molecule has 6 aromatic heterocycles. The van der Waals surface area contributed by atoms with Gasteiger partial charge in [-0.05, 0) is 70.8 Å². The number of hydrogen-bond donors (Lipinski definition) is 1. The molecule has 15 heteroatoms. The molecule has 14 nitrogen and oxygen atoms in total. The van der Waals surface area contributed by atoms with E-state index < -0.39 is 0 Å². The molecule has 51 heavy (non-hydrogen) atoms. The number of hydrogen-bond acceptors (Lipinski definition) is 12. The number of nitrogens with zero attached hydrogens (tertiary/aromatic N) is 13. The highest BCUT2D eigenvalue weighted by Gasteiger charge is 2.21. The number of anilines is 1. The number of benzene rings is 2. The second-order valence-corrected chi connectivity index (χ2v) is 13.2. The molecule has 0 aliphatic carbocycles. The molecule has 2 fully saturated rings. The second kappa shape index (κ2) is 14.6. The van der Waals surface area contributed by atoms with Gasteiger partial charge in [-0.15, -0.1) is 0 Å². The van der Waals surface area contributed by atoms with Crippen LogP contribution in [-0.2, 0) is 0 Å². The number of halogens is 1. The standard InChI is InChI=1S/C18H19N7.C12H6ClN5.C6H14N2/c1-23-9-4-10-24(12-11-23)17-18-21-13-5-2-3-6-14(13)25(18)16-15(22-17)19-7-8-20-16;13-9-11-16-7-3-1-2-4-8(7)18(11)12-10(17-9)14-5-6-15-12;1-8-5-2-3-7-4-6-8/h2-3,5-8H,4,9-12H2,1H3;1-6H;7H,2-6H2,1H3. The van der Waals surface area contributed by atoms with Crippen molar-refractivity contribution in [2.75, 3.05) is 71.4 Å². The number of fused-ring (bicyclic) bond motifs is 10. The van der Waals surface area contributed by atoms with E-state index in [-0.39, 0.29) is 0 Å². The highest BCUT2D eigenvalue weighted by atomic mass is 35.5. The van der Waals surface area contributed by atoms with Crippen LogP contribution in [-0.4, -0.2) is 125 Å². The van der Waals surface area contributed by atoms with Gasteiger partial charge >= 0.3 is 0 Å². The predicted molar refractivity (Wildman–Crippen MR) is 201 cm³/mol. The maximum Gasteiger partial charge on any atom is 0.198 e. The summed E-state index contributed by atoms with van der Waals surface area (Å²) in [5.74, 6) is 0.902. The minimum absolute atomic E-state index is 0.333. The molecule has 2 aliphatic heterocycles. The van der Waals surface area contributed by atoms with Gasteiger partial charge in [-0.1, -0.05) is 35.9 Å². The van der Waals surface area contributed by atoms with Crippen molar-refractivity contribution in [2.45, 2.75) is 12.8 Å². The molecule has 1 N–H and O–H groups in total. The first-order valence-corrected chi connectivity index (χ1v) is 17.7. The highest BCUT2D eigenvalue weighted by Crippen LogP contribution is 2.28.